The van der Waals surface area contributed by atoms with Crippen molar-refractivity contribution < 1.29 is 19.1 Å². The molecule has 0 saturated heterocycles. The lowest BCUT2D eigenvalue weighted by Gasteiger charge is -2.24. The summed E-state index contributed by atoms with van der Waals surface area (Å²) in [7, 11) is 0. The number of ether oxygens (including phenoxy) is 1. The van der Waals surface area contributed by atoms with Gasteiger partial charge in [-0.1, -0.05) is 51.8 Å². The third kappa shape index (κ3) is 5.74. The van der Waals surface area contributed by atoms with E-state index in [0.29, 0.717) is 33.9 Å². The van der Waals surface area contributed by atoms with Gasteiger partial charge in [0.2, 0.25) is 0 Å². The van der Waals surface area contributed by atoms with E-state index >= 15 is 0 Å². The van der Waals surface area contributed by atoms with Gasteiger partial charge in [-0.15, -0.1) is 0 Å². The summed E-state index contributed by atoms with van der Waals surface area (Å²) in [6, 6.07) is 18.7. The molecule has 8 heteroatoms. The third-order valence-electron chi connectivity index (χ3n) is 5.57. The van der Waals surface area contributed by atoms with Crippen molar-refractivity contribution in [1.82, 2.24) is 10.2 Å². The summed E-state index contributed by atoms with van der Waals surface area (Å²) in [6.45, 7) is 3.82. The maximum absolute atomic E-state index is 13.1. The highest BCUT2D eigenvalue weighted by atomic mass is 79.9. The summed E-state index contributed by atoms with van der Waals surface area (Å²) in [5.74, 6) is -0.588. The number of amides is 3. The molecule has 180 valence electrons. The summed E-state index contributed by atoms with van der Waals surface area (Å²) in [5.41, 5.74) is 2.06. The first-order valence-corrected chi connectivity index (χ1v) is 12.4. The van der Waals surface area contributed by atoms with E-state index in [4.69, 9.17) is 16.3 Å². The van der Waals surface area contributed by atoms with Gasteiger partial charge in [0.25, 0.3) is 17.7 Å². The van der Waals surface area contributed by atoms with Crippen LogP contribution in [0.1, 0.15) is 50.5 Å². The van der Waals surface area contributed by atoms with E-state index in [1.807, 2.05) is 38.1 Å². The molecule has 0 saturated carbocycles. The Labute approximate surface area is 217 Å². The molecule has 0 bridgehead atoms. The Morgan fingerprint density at radius 2 is 1.63 bits per heavy atom. The summed E-state index contributed by atoms with van der Waals surface area (Å²) >= 11 is 9.74. The minimum atomic E-state index is -0.517. The minimum absolute atomic E-state index is 0.0381. The molecule has 1 N–H and O–H groups in total. The van der Waals surface area contributed by atoms with Crippen LogP contribution in [0, 0.1) is 0 Å². The highest BCUT2D eigenvalue weighted by Gasteiger charge is 2.36. The molecule has 0 fully saturated rings. The summed E-state index contributed by atoms with van der Waals surface area (Å²) in [6.07, 6.45) is 0.372. The number of fused-ring (bicyclic) bond motifs is 1. The maximum Gasteiger partial charge on any atom is 0.261 e. The molecule has 1 heterocycles. The van der Waals surface area contributed by atoms with Crippen LogP contribution in [-0.4, -0.2) is 41.3 Å². The van der Waals surface area contributed by atoms with E-state index in [0.717, 1.165) is 10.0 Å². The van der Waals surface area contributed by atoms with E-state index in [2.05, 4.69) is 21.2 Å². The zero-order valence-corrected chi connectivity index (χ0v) is 21.6. The Bertz CT molecular complexity index is 1240. The number of benzene rings is 3. The van der Waals surface area contributed by atoms with Crippen LogP contribution >= 0.6 is 27.5 Å². The van der Waals surface area contributed by atoms with Crippen molar-refractivity contribution in [2.45, 2.75) is 32.4 Å². The zero-order valence-electron chi connectivity index (χ0n) is 19.3. The Balaban J connectivity index is 1.56. The number of halogens is 2. The fourth-order valence-corrected chi connectivity index (χ4v) is 4.44. The van der Waals surface area contributed by atoms with E-state index in [9.17, 15) is 14.4 Å². The lowest BCUT2D eigenvalue weighted by Crippen LogP contribution is -2.47. The molecule has 35 heavy (non-hydrogen) atoms. The lowest BCUT2D eigenvalue weighted by molar-refractivity contribution is 0.0628. The number of carbonyl (C=O) groups excluding carboxylic acids is 3. The molecule has 3 amide bonds. The molecule has 1 aliphatic heterocycles. The first-order chi connectivity index (χ1) is 16.7. The molecule has 0 aromatic heterocycles. The number of hydrogen-bond acceptors (Lipinski definition) is 4. The van der Waals surface area contributed by atoms with Crippen molar-refractivity contribution in [3.63, 3.8) is 0 Å². The Kier molecular flexibility index (Phi) is 7.57. The molecule has 3 aromatic carbocycles. The molecular formula is C27H24BrClN2O4. The monoisotopic (exact) mass is 554 g/mol. The third-order valence-corrected chi connectivity index (χ3v) is 6.39. The molecule has 4 rings (SSSR count). The first-order valence-electron chi connectivity index (χ1n) is 11.2. The van der Waals surface area contributed by atoms with Crippen LogP contribution in [0.4, 0.5) is 0 Å². The largest absolute Gasteiger partial charge is 0.489 e. The zero-order chi connectivity index (χ0) is 25.1. The van der Waals surface area contributed by atoms with Gasteiger partial charge in [-0.25, -0.2) is 0 Å². The van der Waals surface area contributed by atoms with Gasteiger partial charge in [0, 0.05) is 16.6 Å². The van der Waals surface area contributed by atoms with Crippen LogP contribution in [0.15, 0.2) is 71.2 Å². The minimum Gasteiger partial charge on any atom is -0.489 e. The summed E-state index contributed by atoms with van der Waals surface area (Å²) < 4.78 is 6.57. The van der Waals surface area contributed by atoms with Crippen molar-refractivity contribution in [2.24, 2.45) is 0 Å². The second kappa shape index (κ2) is 10.6. The summed E-state index contributed by atoms with van der Waals surface area (Å²) in [5, 5.41) is 3.31. The highest BCUT2D eigenvalue weighted by Crippen LogP contribution is 2.27. The van der Waals surface area contributed by atoms with Crippen LogP contribution < -0.4 is 10.1 Å². The fraction of sp³-hybridized carbons (Fsp3) is 0.222. The molecule has 0 radical (unpaired) electrons. The molecule has 1 aliphatic rings. The molecule has 3 aromatic rings. The van der Waals surface area contributed by atoms with Crippen LogP contribution in [0.2, 0.25) is 5.02 Å². The summed E-state index contributed by atoms with van der Waals surface area (Å²) in [4.78, 5) is 40.2. The number of imide groups is 1. The highest BCUT2D eigenvalue weighted by molar-refractivity contribution is 9.10. The number of rotatable bonds is 8. The molecule has 0 spiro atoms. The Morgan fingerprint density at radius 1 is 1.00 bits per heavy atom. The quantitative estimate of drug-likeness (QED) is 0.371. The van der Waals surface area contributed by atoms with Crippen molar-refractivity contribution >= 4 is 45.3 Å². The predicted octanol–water partition coefficient (Wildman–Crippen LogP) is 5.53. The normalized spacial score (nSPS) is 13.7. The van der Waals surface area contributed by atoms with E-state index < -0.39 is 6.04 Å². The molecule has 6 nitrogen and oxygen atoms in total. The lowest BCUT2D eigenvalue weighted by atomic mass is 10.0. The fourth-order valence-electron chi connectivity index (χ4n) is 3.95. The smallest absolute Gasteiger partial charge is 0.261 e. The van der Waals surface area contributed by atoms with Gasteiger partial charge in [-0.2, -0.15) is 0 Å². The van der Waals surface area contributed by atoms with Gasteiger partial charge >= 0.3 is 0 Å². The second-order valence-corrected chi connectivity index (χ2v) is 9.90. The first kappa shape index (κ1) is 24.9. The number of nitrogens with one attached hydrogen (secondary N) is 1. The topological polar surface area (TPSA) is 75.7 Å². The standard InChI is InChI=1S/C27H24BrClN2O4/c1-16(2)35-24-12-9-18(14-23(24)29)25(32)30-20(13-17-7-10-19(28)11-8-17)15-31-26(33)21-5-3-4-6-22(21)27(31)34/h3-12,14,16,20H,13,15H2,1-2H3,(H,30,32)/t20-/m0/s1. The van der Waals surface area contributed by atoms with Gasteiger partial charge in [0.1, 0.15) is 5.75 Å². The predicted molar refractivity (Wildman–Crippen MR) is 138 cm³/mol. The number of carbonyl (C=O) groups is 3. The molecular weight excluding hydrogens is 532 g/mol. The molecule has 0 aliphatic carbocycles. The van der Waals surface area contributed by atoms with Crippen molar-refractivity contribution in [2.75, 3.05) is 6.54 Å². The molecule has 0 unspecified atom stereocenters. The average molecular weight is 556 g/mol. The van der Waals surface area contributed by atoms with E-state index in [1.165, 1.54) is 4.90 Å². The Hall–Kier alpha value is -3.16. The molecule has 1 atom stereocenters. The van der Waals surface area contributed by atoms with Crippen molar-refractivity contribution in [1.29, 1.82) is 0 Å². The van der Waals surface area contributed by atoms with Gasteiger partial charge in [0.15, 0.2) is 0 Å². The SMILES string of the molecule is CC(C)Oc1ccc(C(=O)N[C@@H](Cc2ccc(Br)cc2)CN2C(=O)c3ccccc3C2=O)cc1Cl. The van der Waals surface area contributed by atoms with Crippen molar-refractivity contribution in [3.05, 3.63) is 98.5 Å². The van der Waals surface area contributed by atoms with E-state index in [-0.39, 0.29) is 30.4 Å². The van der Waals surface area contributed by atoms with Gasteiger partial charge in [-0.3, -0.25) is 19.3 Å². The van der Waals surface area contributed by atoms with Gasteiger partial charge < -0.3 is 10.1 Å². The van der Waals surface area contributed by atoms with Crippen LogP contribution in [-0.2, 0) is 6.42 Å². The van der Waals surface area contributed by atoms with Crippen LogP contribution in [0.5, 0.6) is 5.75 Å². The maximum atomic E-state index is 13.1. The second-order valence-electron chi connectivity index (χ2n) is 8.58. The van der Waals surface area contributed by atoms with E-state index in [1.54, 1.807) is 42.5 Å². The van der Waals surface area contributed by atoms with Gasteiger partial charge in [-0.05, 0) is 68.3 Å². The van der Waals surface area contributed by atoms with Crippen LogP contribution in [0.3, 0.4) is 0 Å². The van der Waals surface area contributed by atoms with Crippen LogP contribution in [0.25, 0.3) is 0 Å². The average Bonchev–Trinajstić information content (AvgIpc) is 3.06. The number of hydrogen-bond donors (Lipinski definition) is 1. The van der Waals surface area contributed by atoms with Crippen molar-refractivity contribution in [3.8, 4) is 5.75 Å². The van der Waals surface area contributed by atoms with Gasteiger partial charge in [0.05, 0.1) is 28.3 Å². The Morgan fingerprint density at radius 3 is 2.20 bits per heavy atom. The number of nitrogens with zero attached hydrogens (tertiary/aromatic N) is 1.